The molecule has 0 bridgehead atoms. The molecule has 0 rings (SSSR count). The minimum absolute atomic E-state index is 0.331. The number of carboxylic acid groups (broad SMARTS) is 1. The average molecular weight is 487 g/mol. The van der Waals surface area contributed by atoms with E-state index >= 15 is 0 Å². The van der Waals surface area contributed by atoms with Crippen molar-refractivity contribution >= 4 is 35.5 Å². The maximum Gasteiger partial charge on any atom is 0.326 e. The van der Waals surface area contributed by atoms with Gasteiger partial charge in [-0.25, -0.2) is 4.79 Å². The molecule has 0 saturated carbocycles. The van der Waals surface area contributed by atoms with E-state index in [0.29, 0.717) is 12.8 Å². The second kappa shape index (κ2) is 14.8. The van der Waals surface area contributed by atoms with Crippen LogP contribution in [0.15, 0.2) is 0 Å². The van der Waals surface area contributed by atoms with Crippen LogP contribution in [-0.4, -0.2) is 71.3 Å². The molecule has 0 aromatic carbocycles. The molecule has 13 nitrogen and oxygen atoms in total. The highest BCUT2D eigenvalue weighted by Gasteiger charge is 2.32. The van der Waals surface area contributed by atoms with E-state index in [1.807, 2.05) is 0 Å². The summed E-state index contributed by atoms with van der Waals surface area (Å²) in [6, 6.07) is -4.43. The van der Waals surface area contributed by atoms with E-state index in [4.69, 9.17) is 11.5 Å². The van der Waals surface area contributed by atoms with Crippen LogP contribution in [0, 0.1) is 11.8 Å². The fourth-order valence-corrected chi connectivity index (χ4v) is 2.86. The normalized spacial score (nSPS) is 16.1. The topological polar surface area (TPSA) is 223 Å². The molecule has 0 aromatic heterocycles. The molecule has 0 unspecified atom stereocenters. The molecule has 0 radical (unpaired) electrons. The Kier molecular flexibility index (Phi) is 13.4. The van der Waals surface area contributed by atoms with E-state index in [1.54, 1.807) is 27.7 Å². The van der Waals surface area contributed by atoms with E-state index in [-0.39, 0.29) is 11.8 Å². The zero-order chi connectivity index (χ0) is 26.6. The number of primary amides is 1. The lowest BCUT2D eigenvalue weighted by Crippen LogP contribution is -2.57. The number of nitrogens with two attached hydrogens (primary N) is 2. The van der Waals surface area contributed by atoms with Crippen LogP contribution in [-0.2, 0) is 28.8 Å². The van der Waals surface area contributed by atoms with Gasteiger partial charge >= 0.3 is 5.97 Å². The van der Waals surface area contributed by atoms with Crippen LogP contribution in [0.5, 0.6) is 0 Å². The molecule has 0 heterocycles. The Labute approximate surface area is 199 Å². The van der Waals surface area contributed by atoms with Crippen molar-refractivity contribution in [2.24, 2.45) is 23.3 Å². The highest BCUT2D eigenvalue weighted by atomic mass is 16.4. The molecule has 9 N–H and O–H groups in total. The molecular weight excluding hydrogens is 448 g/mol. The van der Waals surface area contributed by atoms with Gasteiger partial charge in [-0.3, -0.25) is 24.0 Å². The van der Waals surface area contributed by atoms with Crippen LogP contribution in [0.4, 0.5) is 0 Å². The highest BCUT2D eigenvalue weighted by Crippen LogP contribution is 2.12. The Morgan fingerprint density at radius 1 is 0.794 bits per heavy atom. The fraction of sp³-hybridized carbons (Fsp3) is 0.714. The summed E-state index contributed by atoms with van der Waals surface area (Å²) in [7, 11) is 0. The summed E-state index contributed by atoms with van der Waals surface area (Å²) in [5, 5.41) is 19.0. The molecule has 194 valence electrons. The molecule has 0 aliphatic heterocycles. The minimum Gasteiger partial charge on any atom is -0.480 e. The van der Waals surface area contributed by atoms with Crippen LogP contribution in [0.2, 0.25) is 0 Å². The number of hydrogen-bond acceptors (Lipinski definition) is 7. The molecule has 6 atom stereocenters. The van der Waals surface area contributed by atoms with Crippen molar-refractivity contribution in [1.29, 1.82) is 0 Å². The van der Waals surface area contributed by atoms with Gasteiger partial charge < -0.3 is 37.8 Å². The fourth-order valence-electron chi connectivity index (χ4n) is 2.86. The largest absolute Gasteiger partial charge is 0.480 e. The lowest BCUT2D eigenvalue weighted by Gasteiger charge is -2.27. The number of rotatable bonds is 15. The number of aliphatic carboxylic acids is 1. The van der Waals surface area contributed by atoms with E-state index in [2.05, 4.69) is 21.3 Å². The first-order valence-corrected chi connectivity index (χ1v) is 11.2. The Balaban J connectivity index is 5.24. The Morgan fingerprint density at radius 3 is 1.76 bits per heavy atom. The first kappa shape index (κ1) is 30.8. The minimum atomic E-state index is -1.33. The molecule has 13 heteroatoms. The summed E-state index contributed by atoms with van der Waals surface area (Å²) < 4.78 is 0. The van der Waals surface area contributed by atoms with Gasteiger partial charge in [0.15, 0.2) is 0 Å². The van der Waals surface area contributed by atoms with Gasteiger partial charge in [0, 0.05) is 0 Å². The summed E-state index contributed by atoms with van der Waals surface area (Å²) in [4.78, 5) is 72.2. The monoisotopic (exact) mass is 486 g/mol. The Hall–Kier alpha value is -3.22. The SMILES string of the molecule is CC[C@H](C)[C@H](NC(=O)[C@@H](NC(=O)CNC(=O)[C@H](CC(N)=O)NC(=O)[C@H](C)N)[C@@H](C)CC)C(=O)O. The second-order valence-corrected chi connectivity index (χ2v) is 8.38. The van der Waals surface area contributed by atoms with Gasteiger partial charge in [-0.2, -0.15) is 0 Å². The van der Waals surface area contributed by atoms with Crippen molar-refractivity contribution in [2.45, 2.75) is 78.0 Å². The lowest BCUT2D eigenvalue weighted by molar-refractivity contribution is -0.144. The van der Waals surface area contributed by atoms with Gasteiger partial charge in [0.2, 0.25) is 29.5 Å². The molecular formula is C21H38N6O7. The van der Waals surface area contributed by atoms with Crippen molar-refractivity contribution in [3.8, 4) is 0 Å². The van der Waals surface area contributed by atoms with Crippen molar-refractivity contribution in [3.05, 3.63) is 0 Å². The number of amides is 5. The van der Waals surface area contributed by atoms with Gasteiger partial charge in [0.1, 0.15) is 18.1 Å². The maximum absolute atomic E-state index is 12.8. The predicted molar refractivity (Wildman–Crippen MR) is 123 cm³/mol. The summed E-state index contributed by atoms with van der Waals surface area (Å²) in [5.41, 5.74) is 10.6. The third-order valence-corrected chi connectivity index (χ3v) is 5.46. The van der Waals surface area contributed by atoms with Crippen LogP contribution >= 0.6 is 0 Å². The summed E-state index contributed by atoms with van der Waals surface area (Å²) in [6.45, 7) is 7.84. The van der Waals surface area contributed by atoms with Crippen molar-refractivity contribution in [3.63, 3.8) is 0 Å². The molecule has 0 aliphatic rings. The van der Waals surface area contributed by atoms with Crippen molar-refractivity contribution < 1.29 is 33.9 Å². The lowest BCUT2D eigenvalue weighted by atomic mass is 9.95. The third kappa shape index (κ3) is 10.6. The Bertz CT molecular complexity index is 758. The summed E-state index contributed by atoms with van der Waals surface area (Å²) in [6.07, 6.45) is 0.529. The molecule has 5 amide bonds. The van der Waals surface area contributed by atoms with Crippen LogP contribution in [0.1, 0.15) is 53.9 Å². The predicted octanol–water partition coefficient (Wildman–Crippen LogP) is -2.04. The zero-order valence-electron chi connectivity index (χ0n) is 20.3. The van der Waals surface area contributed by atoms with E-state index in [1.165, 1.54) is 6.92 Å². The van der Waals surface area contributed by atoms with Crippen molar-refractivity contribution in [2.75, 3.05) is 6.54 Å². The molecule has 0 aromatic rings. The Morgan fingerprint density at radius 2 is 1.32 bits per heavy atom. The van der Waals surface area contributed by atoms with Gasteiger partial charge in [-0.05, 0) is 18.8 Å². The van der Waals surface area contributed by atoms with E-state index in [9.17, 15) is 33.9 Å². The standard InChI is InChI=1S/C21H38N6O7/c1-6-10(3)16(20(32)27-17(21(33)34)11(4)7-2)26-15(29)9-24-19(31)13(8-14(23)28)25-18(30)12(5)22/h10-13,16-17H,6-9,22H2,1-5H3,(H2,23,28)(H,24,31)(H,25,30)(H,26,29)(H,27,32)(H,33,34)/t10-,11-,12-,13-,16-,17-/m0/s1. The molecule has 0 spiro atoms. The molecule has 34 heavy (non-hydrogen) atoms. The number of nitrogens with one attached hydrogen (secondary N) is 4. The third-order valence-electron chi connectivity index (χ3n) is 5.46. The molecule has 0 saturated heterocycles. The van der Waals surface area contributed by atoms with Gasteiger partial charge in [-0.15, -0.1) is 0 Å². The summed E-state index contributed by atoms with van der Waals surface area (Å²) in [5.74, 6) is -5.60. The van der Waals surface area contributed by atoms with Crippen LogP contribution in [0.25, 0.3) is 0 Å². The molecule has 0 aliphatic carbocycles. The number of hydrogen-bond donors (Lipinski definition) is 7. The van der Waals surface area contributed by atoms with Gasteiger partial charge in [0.05, 0.1) is 19.0 Å². The summed E-state index contributed by atoms with van der Waals surface area (Å²) >= 11 is 0. The smallest absolute Gasteiger partial charge is 0.326 e. The van der Waals surface area contributed by atoms with Crippen LogP contribution < -0.4 is 32.7 Å². The first-order valence-electron chi connectivity index (χ1n) is 11.2. The molecule has 0 fully saturated rings. The quantitative estimate of drug-likeness (QED) is 0.136. The van der Waals surface area contributed by atoms with Gasteiger partial charge in [-0.1, -0.05) is 40.5 Å². The second-order valence-electron chi connectivity index (χ2n) is 8.38. The maximum atomic E-state index is 12.8. The van der Waals surface area contributed by atoms with Crippen molar-refractivity contribution in [1.82, 2.24) is 21.3 Å². The van der Waals surface area contributed by atoms with Crippen LogP contribution in [0.3, 0.4) is 0 Å². The zero-order valence-corrected chi connectivity index (χ0v) is 20.3. The number of carboxylic acids is 1. The highest BCUT2D eigenvalue weighted by molar-refractivity contribution is 5.95. The number of carbonyl (C=O) groups is 6. The number of carbonyl (C=O) groups excluding carboxylic acids is 5. The first-order chi connectivity index (χ1) is 15.7. The van der Waals surface area contributed by atoms with E-state index in [0.717, 1.165) is 0 Å². The van der Waals surface area contributed by atoms with Gasteiger partial charge in [0.25, 0.3) is 0 Å². The van der Waals surface area contributed by atoms with E-state index < -0.39 is 72.6 Å². The average Bonchev–Trinajstić information content (AvgIpc) is 2.76.